The summed E-state index contributed by atoms with van der Waals surface area (Å²) in [6.07, 6.45) is 5.73. The Hall–Kier alpha value is -0.120. The maximum Gasteiger partial charge on any atom is 0.0113 e. The van der Waals surface area contributed by atoms with Gasteiger partial charge in [-0.15, -0.1) is 0 Å². The molecule has 0 radical (unpaired) electrons. The van der Waals surface area contributed by atoms with Crippen LogP contribution in [0.4, 0.5) is 0 Å². The number of piperazine rings is 1. The van der Waals surface area contributed by atoms with Crippen LogP contribution in [0.1, 0.15) is 81.1 Å². The molecule has 2 fully saturated rings. The molecule has 0 spiro atoms. The van der Waals surface area contributed by atoms with Crippen LogP contribution in [0.15, 0.2) is 0 Å². The van der Waals surface area contributed by atoms with Crippen LogP contribution in [0.5, 0.6) is 0 Å². The van der Waals surface area contributed by atoms with Gasteiger partial charge in [0.15, 0.2) is 0 Å². The van der Waals surface area contributed by atoms with Gasteiger partial charge in [0.1, 0.15) is 0 Å². The maximum atomic E-state index is 2.68. The molecule has 0 aliphatic carbocycles. The molecule has 0 aromatic heterocycles. The summed E-state index contributed by atoms with van der Waals surface area (Å²) in [7, 11) is 0. The Balaban J connectivity index is 0.00000134. The minimum absolute atomic E-state index is 0.721. The SMILES string of the molecule is CC.CC.CC(C)N1CCC(CCCN2CCN(C(C)C)CC2)CC1. The summed E-state index contributed by atoms with van der Waals surface area (Å²) in [4.78, 5) is 7.93. The Kier molecular flexibility index (Phi) is 14.9. The zero-order valence-electron chi connectivity index (χ0n) is 18.9. The third kappa shape index (κ3) is 9.96. The van der Waals surface area contributed by atoms with E-state index in [1.54, 1.807) is 0 Å². The molecule has 0 aromatic rings. The summed E-state index contributed by atoms with van der Waals surface area (Å²) >= 11 is 0. The molecule has 2 aliphatic heterocycles. The lowest BCUT2D eigenvalue weighted by molar-refractivity contribution is 0.103. The highest BCUT2D eigenvalue weighted by Gasteiger charge is 2.22. The van der Waals surface area contributed by atoms with Gasteiger partial charge in [0.2, 0.25) is 0 Å². The van der Waals surface area contributed by atoms with Crippen LogP contribution in [-0.2, 0) is 0 Å². The average molecular weight is 356 g/mol. The van der Waals surface area contributed by atoms with E-state index < -0.39 is 0 Å². The van der Waals surface area contributed by atoms with Crippen LogP contribution in [-0.4, -0.2) is 72.6 Å². The van der Waals surface area contributed by atoms with Gasteiger partial charge >= 0.3 is 0 Å². The van der Waals surface area contributed by atoms with E-state index in [-0.39, 0.29) is 0 Å². The van der Waals surface area contributed by atoms with Gasteiger partial charge in [0.25, 0.3) is 0 Å². The highest BCUT2D eigenvalue weighted by Crippen LogP contribution is 2.23. The lowest BCUT2D eigenvalue weighted by Gasteiger charge is -2.37. The largest absolute Gasteiger partial charge is 0.301 e. The first kappa shape index (κ1) is 24.9. The van der Waals surface area contributed by atoms with Crippen LogP contribution in [0.3, 0.4) is 0 Å². The van der Waals surface area contributed by atoms with Crippen molar-refractivity contribution in [1.29, 1.82) is 0 Å². The minimum atomic E-state index is 0.721. The fraction of sp³-hybridized carbons (Fsp3) is 1.00. The molecule has 0 unspecified atom stereocenters. The summed E-state index contributed by atoms with van der Waals surface area (Å²) in [5.74, 6) is 0.997. The summed E-state index contributed by atoms with van der Waals surface area (Å²) in [6, 6.07) is 1.46. The van der Waals surface area contributed by atoms with Gasteiger partial charge < -0.3 is 9.80 Å². The van der Waals surface area contributed by atoms with Crippen LogP contribution < -0.4 is 0 Å². The van der Waals surface area contributed by atoms with Crippen LogP contribution >= 0.6 is 0 Å². The molecule has 3 nitrogen and oxygen atoms in total. The second-order valence-corrected chi connectivity index (χ2v) is 7.69. The molecule has 0 N–H and O–H groups in total. The van der Waals surface area contributed by atoms with E-state index in [0.29, 0.717) is 0 Å². The summed E-state index contributed by atoms with van der Waals surface area (Å²) in [5, 5.41) is 0. The van der Waals surface area contributed by atoms with Crippen molar-refractivity contribution >= 4 is 0 Å². The third-order valence-corrected chi connectivity index (χ3v) is 5.60. The summed E-state index contributed by atoms with van der Waals surface area (Å²) in [6.45, 7) is 26.4. The Bertz CT molecular complexity index is 247. The molecule has 3 heteroatoms. The highest BCUT2D eigenvalue weighted by molar-refractivity contribution is 4.77. The van der Waals surface area contributed by atoms with Gasteiger partial charge in [0.05, 0.1) is 0 Å². The fourth-order valence-electron chi connectivity index (χ4n) is 3.86. The van der Waals surface area contributed by atoms with Gasteiger partial charge in [0, 0.05) is 38.3 Å². The van der Waals surface area contributed by atoms with E-state index in [1.165, 1.54) is 71.5 Å². The number of hydrogen-bond acceptors (Lipinski definition) is 3. The monoisotopic (exact) mass is 355 g/mol. The van der Waals surface area contributed by atoms with Gasteiger partial charge in [-0.3, -0.25) is 4.90 Å². The predicted octanol–water partition coefficient (Wildman–Crippen LogP) is 4.97. The smallest absolute Gasteiger partial charge is 0.0113 e. The Morgan fingerprint density at radius 3 is 1.56 bits per heavy atom. The van der Waals surface area contributed by atoms with Crippen LogP contribution in [0, 0.1) is 5.92 Å². The van der Waals surface area contributed by atoms with E-state index in [1.807, 2.05) is 27.7 Å². The topological polar surface area (TPSA) is 9.72 Å². The first-order valence-electron chi connectivity index (χ1n) is 11.3. The van der Waals surface area contributed by atoms with Crippen molar-refractivity contribution in [3.8, 4) is 0 Å². The number of piperidine rings is 1. The molecule has 2 heterocycles. The van der Waals surface area contributed by atoms with Gasteiger partial charge in [-0.1, -0.05) is 27.7 Å². The molecule has 0 atom stereocenters. The maximum absolute atomic E-state index is 2.68. The number of likely N-dealkylation sites (tertiary alicyclic amines) is 1. The number of hydrogen-bond donors (Lipinski definition) is 0. The number of nitrogens with zero attached hydrogens (tertiary/aromatic N) is 3. The van der Waals surface area contributed by atoms with Crippen molar-refractivity contribution in [3.05, 3.63) is 0 Å². The van der Waals surface area contributed by atoms with Crippen molar-refractivity contribution in [2.45, 2.75) is 93.2 Å². The highest BCUT2D eigenvalue weighted by atomic mass is 15.3. The van der Waals surface area contributed by atoms with Crippen molar-refractivity contribution in [2.75, 3.05) is 45.8 Å². The van der Waals surface area contributed by atoms with E-state index in [4.69, 9.17) is 0 Å². The molecule has 2 saturated heterocycles. The first-order chi connectivity index (χ1) is 12.1. The molecular weight excluding hydrogens is 306 g/mol. The molecule has 0 aromatic carbocycles. The van der Waals surface area contributed by atoms with Crippen molar-refractivity contribution in [1.82, 2.24) is 14.7 Å². The average Bonchev–Trinajstić information content (AvgIpc) is 2.66. The molecule has 0 bridgehead atoms. The summed E-state index contributed by atoms with van der Waals surface area (Å²) < 4.78 is 0. The Morgan fingerprint density at radius 2 is 1.12 bits per heavy atom. The second-order valence-electron chi connectivity index (χ2n) is 7.69. The Morgan fingerprint density at radius 1 is 0.680 bits per heavy atom. The quantitative estimate of drug-likeness (QED) is 0.666. The molecular formula is C22H49N3. The molecule has 152 valence electrons. The molecule has 25 heavy (non-hydrogen) atoms. The van der Waals surface area contributed by atoms with Crippen LogP contribution in [0.25, 0.3) is 0 Å². The van der Waals surface area contributed by atoms with E-state index in [2.05, 4.69) is 42.4 Å². The van der Waals surface area contributed by atoms with Gasteiger partial charge in [-0.25, -0.2) is 0 Å². The molecule has 2 rings (SSSR count). The minimum Gasteiger partial charge on any atom is -0.301 e. The van der Waals surface area contributed by atoms with Crippen LogP contribution in [0.2, 0.25) is 0 Å². The van der Waals surface area contributed by atoms with E-state index in [0.717, 1.165) is 18.0 Å². The zero-order valence-corrected chi connectivity index (χ0v) is 18.9. The fourth-order valence-corrected chi connectivity index (χ4v) is 3.86. The molecule has 2 aliphatic rings. The second kappa shape index (κ2) is 15.0. The predicted molar refractivity (Wildman–Crippen MR) is 115 cm³/mol. The van der Waals surface area contributed by atoms with Gasteiger partial charge in [-0.2, -0.15) is 0 Å². The third-order valence-electron chi connectivity index (χ3n) is 5.60. The van der Waals surface area contributed by atoms with E-state index >= 15 is 0 Å². The standard InChI is InChI=1S/C18H37N3.2C2H6/c1-16(2)20-10-7-18(8-11-20)6-5-9-19-12-14-21(15-13-19)17(3)4;2*1-2/h16-18H,5-15H2,1-4H3;2*1-2H3. The van der Waals surface area contributed by atoms with E-state index in [9.17, 15) is 0 Å². The Labute approximate surface area is 160 Å². The van der Waals surface area contributed by atoms with Crippen molar-refractivity contribution < 1.29 is 0 Å². The lowest BCUT2D eigenvalue weighted by Crippen LogP contribution is -2.49. The number of rotatable bonds is 6. The molecule has 0 amide bonds. The zero-order chi connectivity index (χ0) is 19.2. The first-order valence-corrected chi connectivity index (χ1v) is 11.3. The normalized spacial score (nSPS) is 20.9. The van der Waals surface area contributed by atoms with Crippen molar-refractivity contribution in [3.63, 3.8) is 0 Å². The van der Waals surface area contributed by atoms with Crippen molar-refractivity contribution in [2.24, 2.45) is 5.92 Å². The lowest BCUT2D eigenvalue weighted by atomic mass is 9.91. The summed E-state index contributed by atoms with van der Waals surface area (Å²) in [5.41, 5.74) is 0. The van der Waals surface area contributed by atoms with Gasteiger partial charge in [-0.05, 0) is 78.9 Å². The molecule has 0 saturated carbocycles.